The van der Waals surface area contributed by atoms with Crippen molar-refractivity contribution >= 4 is 21.9 Å². The van der Waals surface area contributed by atoms with Crippen LogP contribution in [0, 0.1) is 0 Å². The van der Waals surface area contributed by atoms with Crippen LogP contribution in [0.2, 0.25) is 0 Å². The molecular weight excluding hydrogens is 200 g/mol. The van der Waals surface area contributed by atoms with Gasteiger partial charge in [-0.1, -0.05) is 0 Å². The Morgan fingerprint density at radius 1 is 1.90 bits per heavy atom. The van der Waals surface area contributed by atoms with Crippen LogP contribution in [0.25, 0.3) is 0 Å². The molecule has 0 aromatic carbocycles. The number of imidazole rings is 1. The number of nitrogens with zero attached hydrogens (tertiary/aromatic N) is 2. The predicted molar refractivity (Wildman–Crippen MR) is 37.9 cm³/mol. The normalized spacial score (nSPS) is 9.80. The Kier molecular flexibility index (Phi) is 1.76. The minimum atomic E-state index is -0.980. The van der Waals surface area contributed by atoms with Crippen molar-refractivity contribution in [2.45, 2.75) is 0 Å². The van der Waals surface area contributed by atoms with Crippen LogP contribution in [0.1, 0.15) is 10.5 Å². The van der Waals surface area contributed by atoms with Crippen LogP contribution >= 0.6 is 15.9 Å². The second-order valence-electron chi connectivity index (χ2n) is 1.80. The van der Waals surface area contributed by atoms with Crippen LogP contribution < -0.4 is 0 Å². The highest BCUT2D eigenvalue weighted by Crippen LogP contribution is 2.12. The molecule has 10 heavy (non-hydrogen) atoms. The molecule has 0 atom stereocenters. The fourth-order valence-electron chi connectivity index (χ4n) is 0.641. The molecule has 0 fully saturated rings. The molecule has 5 heteroatoms. The van der Waals surface area contributed by atoms with E-state index in [1.54, 1.807) is 7.05 Å². The molecule has 1 heterocycles. The average Bonchev–Trinajstić information content (AvgIpc) is 2.11. The summed E-state index contributed by atoms with van der Waals surface area (Å²) in [6, 6.07) is 0. The Morgan fingerprint density at radius 3 is 2.70 bits per heavy atom. The Morgan fingerprint density at radius 2 is 2.50 bits per heavy atom. The zero-order chi connectivity index (χ0) is 7.72. The lowest BCUT2D eigenvalue weighted by molar-refractivity contribution is 0.0685. The summed E-state index contributed by atoms with van der Waals surface area (Å²) in [5.41, 5.74) is 0.167. The van der Waals surface area contributed by atoms with Gasteiger partial charge in [0.25, 0.3) is 0 Å². The summed E-state index contributed by atoms with van der Waals surface area (Å²) in [6.07, 6.45) is 1.44. The van der Waals surface area contributed by atoms with E-state index >= 15 is 0 Å². The number of hydrogen-bond acceptors (Lipinski definition) is 2. The number of carboxylic acids is 1. The van der Waals surface area contributed by atoms with Gasteiger partial charge in [-0.3, -0.25) is 0 Å². The molecule has 0 radical (unpaired) electrons. The van der Waals surface area contributed by atoms with Gasteiger partial charge in [-0.15, -0.1) is 0 Å². The highest BCUT2D eigenvalue weighted by atomic mass is 79.9. The largest absolute Gasteiger partial charge is 0.476 e. The molecule has 0 saturated carbocycles. The molecular formula is C5H5BrN2O2. The Balaban J connectivity index is 3.23. The topological polar surface area (TPSA) is 55.1 Å². The molecule has 1 aromatic rings. The lowest BCUT2D eigenvalue weighted by Crippen LogP contribution is -2.03. The predicted octanol–water partition coefficient (Wildman–Crippen LogP) is 0.881. The molecule has 0 aliphatic rings. The minimum absolute atomic E-state index is 0.167. The highest BCUT2D eigenvalue weighted by Gasteiger charge is 2.12. The van der Waals surface area contributed by atoms with Crippen LogP contribution in [-0.4, -0.2) is 20.6 Å². The van der Waals surface area contributed by atoms with Crippen molar-refractivity contribution in [2.24, 2.45) is 7.05 Å². The first-order valence-electron chi connectivity index (χ1n) is 2.53. The van der Waals surface area contributed by atoms with Gasteiger partial charge in [-0.2, -0.15) is 0 Å². The van der Waals surface area contributed by atoms with E-state index in [1.165, 1.54) is 10.9 Å². The van der Waals surface area contributed by atoms with Gasteiger partial charge in [0.05, 0.1) is 6.33 Å². The maximum atomic E-state index is 10.4. The zero-order valence-electron chi connectivity index (χ0n) is 5.21. The summed E-state index contributed by atoms with van der Waals surface area (Å²) in [5.74, 6) is -0.980. The molecule has 0 unspecified atom stereocenters. The van der Waals surface area contributed by atoms with Crippen molar-refractivity contribution < 1.29 is 9.90 Å². The van der Waals surface area contributed by atoms with Crippen LogP contribution in [-0.2, 0) is 7.05 Å². The van der Waals surface area contributed by atoms with E-state index in [2.05, 4.69) is 20.9 Å². The van der Waals surface area contributed by atoms with Gasteiger partial charge in [-0.25, -0.2) is 9.78 Å². The SMILES string of the molecule is Cn1cnc(Br)c1C(=O)O. The molecule has 0 saturated heterocycles. The summed E-state index contributed by atoms with van der Waals surface area (Å²) < 4.78 is 1.80. The first kappa shape index (κ1) is 7.27. The first-order chi connectivity index (χ1) is 4.63. The van der Waals surface area contributed by atoms with Crippen LogP contribution in [0.5, 0.6) is 0 Å². The molecule has 0 spiro atoms. The van der Waals surface area contributed by atoms with Crippen molar-refractivity contribution in [3.63, 3.8) is 0 Å². The number of hydrogen-bond donors (Lipinski definition) is 1. The molecule has 4 nitrogen and oxygen atoms in total. The lowest BCUT2D eigenvalue weighted by Gasteiger charge is -1.93. The highest BCUT2D eigenvalue weighted by molar-refractivity contribution is 9.10. The second-order valence-corrected chi connectivity index (χ2v) is 2.55. The summed E-state index contributed by atoms with van der Waals surface area (Å²) in [4.78, 5) is 14.1. The number of carboxylic acid groups (broad SMARTS) is 1. The number of halogens is 1. The van der Waals surface area contributed by atoms with Gasteiger partial charge < -0.3 is 9.67 Å². The van der Waals surface area contributed by atoms with Gasteiger partial charge >= 0.3 is 5.97 Å². The summed E-state index contributed by atoms with van der Waals surface area (Å²) in [5, 5.41) is 8.54. The van der Waals surface area contributed by atoms with E-state index in [0.29, 0.717) is 4.60 Å². The third-order valence-corrected chi connectivity index (χ3v) is 1.68. The van der Waals surface area contributed by atoms with E-state index in [-0.39, 0.29) is 5.69 Å². The van der Waals surface area contributed by atoms with Crippen molar-refractivity contribution in [1.82, 2.24) is 9.55 Å². The quantitative estimate of drug-likeness (QED) is 0.740. The second kappa shape index (κ2) is 2.42. The van der Waals surface area contributed by atoms with Crippen LogP contribution in [0.15, 0.2) is 10.9 Å². The molecule has 1 N–H and O–H groups in total. The fraction of sp³-hybridized carbons (Fsp3) is 0.200. The minimum Gasteiger partial charge on any atom is -0.476 e. The smallest absolute Gasteiger partial charge is 0.355 e. The molecule has 0 aliphatic carbocycles. The average molecular weight is 205 g/mol. The number of carbonyl (C=O) groups is 1. The Hall–Kier alpha value is -0.840. The third kappa shape index (κ3) is 1.04. The van der Waals surface area contributed by atoms with E-state index in [4.69, 9.17) is 5.11 Å². The zero-order valence-corrected chi connectivity index (χ0v) is 6.79. The van der Waals surface area contributed by atoms with Crippen molar-refractivity contribution in [2.75, 3.05) is 0 Å². The molecule has 0 amide bonds. The van der Waals surface area contributed by atoms with Crippen LogP contribution in [0.4, 0.5) is 0 Å². The maximum Gasteiger partial charge on any atom is 0.355 e. The van der Waals surface area contributed by atoms with Crippen molar-refractivity contribution in [1.29, 1.82) is 0 Å². The number of aromatic nitrogens is 2. The van der Waals surface area contributed by atoms with Crippen LogP contribution in [0.3, 0.4) is 0 Å². The van der Waals surface area contributed by atoms with Gasteiger partial charge in [0.15, 0.2) is 5.69 Å². The van der Waals surface area contributed by atoms with E-state index in [1.807, 2.05) is 0 Å². The lowest BCUT2D eigenvalue weighted by atomic mass is 10.5. The Labute approximate surface area is 65.6 Å². The van der Waals surface area contributed by atoms with Crippen molar-refractivity contribution in [3.05, 3.63) is 16.6 Å². The van der Waals surface area contributed by atoms with Gasteiger partial charge in [0.1, 0.15) is 4.60 Å². The molecule has 1 aromatic heterocycles. The molecule has 0 aliphatic heterocycles. The number of aryl methyl sites for hydroxylation is 1. The summed E-state index contributed by atoms with van der Waals surface area (Å²) >= 11 is 3.00. The van der Waals surface area contributed by atoms with Crippen molar-refractivity contribution in [3.8, 4) is 0 Å². The third-order valence-electron chi connectivity index (χ3n) is 1.09. The van der Waals surface area contributed by atoms with Gasteiger partial charge in [0.2, 0.25) is 0 Å². The molecule has 54 valence electrons. The fourth-order valence-corrected chi connectivity index (χ4v) is 1.18. The van der Waals surface area contributed by atoms with Gasteiger partial charge in [-0.05, 0) is 15.9 Å². The van der Waals surface area contributed by atoms with E-state index in [9.17, 15) is 4.79 Å². The van der Waals surface area contributed by atoms with E-state index in [0.717, 1.165) is 0 Å². The Bertz CT molecular complexity index is 249. The molecule has 1 rings (SSSR count). The van der Waals surface area contributed by atoms with E-state index < -0.39 is 5.97 Å². The summed E-state index contributed by atoms with van der Waals surface area (Å²) in [7, 11) is 1.63. The number of aromatic carboxylic acids is 1. The van der Waals surface area contributed by atoms with Gasteiger partial charge in [0, 0.05) is 7.05 Å². The first-order valence-corrected chi connectivity index (χ1v) is 3.32. The summed E-state index contributed by atoms with van der Waals surface area (Å²) in [6.45, 7) is 0. The number of rotatable bonds is 1. The molecule has 0 bridgehead atoms. The monoisotopic (exact) mass is 204 g/mol. The maximum absolute atomic E-state index is 10.4. The standard InChI is InChI=1S/C5H5BrN2O2/c1-8-2-7-4(6)3(8)5(9)10/h2H,1H3,(H,9,10).